The lowest BCUT2D eigenvalue weighted by molar-refractivity contribution is 0.450. The van der Waals surface area contributed by atoms with Crippen molar-refractivity contribution < 1.29 is 0 Å². The second-order valence-electron chi connectivity index (χ2n) is 5.45. The van der Waals surface area contributed by atoms with Crippen LogP contribution in [0, 0.1) is 17.2 Å². The summed E-state index contributed by atoms with van der Waals surface area (Å²) >= 11 is 0. The Bertz CT molecular complexity index is 619. The predicted octanol–water partition coefficient (Wildman–Crippen LogP) is 3.49. The van der Waals surface area contributed by atoms with E-state index in [9.17, 15) is 0 Å². The van der Waals surface area contributed by atoms with Crippen molar-refractivity contribution in [3.63, 3.8) is 0 Å². The maximum atomic E-state index is 9.11. The zero-order chi connectivity index (χ0) is 14.0. The summed E-state index contributed by atoms with van der Waals surface area (Å²) in [5.74, 6) is 1.17. The second-order valence-corrected chi connectivity index (χ2v) is 5.45. The zero-order valence-electron chi connectivity index (χ0n) is 11.7. The molecular formula is C15H20N4. The van der Waals surface area contributed by atoms with E-state index < -0.39 is 0 Å². The first-order chi connectivity index (χ1) is 9.04. The largest absolute Gasteiger partial charge is 0.369 e. The predicted molar refractivity (Wildman–Crippen MR) is 77.6 cm³/mol. The number of nitrogens with zero attached hydrogens (tertiary/aromatic N) is 3. The Labute approximate surface area is 113 Å². The molecular weight excluding hydrogens is 236 g/mol. The average molecular weight is 256 g/mol. The van der Waals surface area contributed by atoms with Crippen molar-refractivity contribution in [3.05, 3.63) is 23.8 Å². The van der Waals surface area contributed by atoms with Crippen LogP contribution in [0.1, 0.15) is 45.2 Å². The molecule has 4 nitrogen and oxygen atoms in total. The van der Waals surface area contributed by atoms with Gasteiger partial charge in [-0.3, -0.25) is 0 Å². The molecule has 0 radical (unpaired) electrons. The molecule has 1 unspecified atom stereocenters. The number of imidazole rings is 1. The van der Waals surface area contributed by atoms with Gasteiger partial charge in [0.15, 0.2) is 0 Å². The van der Waals surface area contributed by atoms with Crippen molar-refractivity contribution in [1.82, 2.24) is 9.55 Å². The van der Waals surface area contributed by atoms with Gasteiger partial charge < -0.3 is 10.3 Å². The van der Waals surface area contributed by atoms with Gasteiger partial charge in [0, 0.05) is 6.04 Å². The van der Waals surface area contributed by atoms with E-state index in [0.717, 1.165) is 18.4 Å². The summed E-state index contributed by atoms with van der Waals surface area (Å²) in [5.41, 5.74) is 8.27. The van der Waals surface area contributed by atoms with Gasteiger partial charge in [-0.05, 0) is 37.8 Å². The molecule has 100 valence electrons. The smallest absolute Gasteiger partial charge is 0.201 e. The lowest BCUT2D eigenvalue weighted by Crippen LogP contribution is -2.09. The summed E-state index contributed by atoms with van der Waals surface area (Å²) in [4.78, 5) is 4.35. The Kier molecular flexibility index (Phi) is 3.75. The van der Waals surface area contributed by atoms with E-state index in [2.05, 4.69) is 31.8 Å². The van der Waals surface area contributed by atoms with Crippen LogP contribution in [0.5, 0.6) is 0 Å². The molecule has 0 saturated carbocycles. The van der Waals surface area contributed by atoms with Crippen LogP contribution >= 0.6 is 0 Å². The normalized spacial score (nSPS) is 12.8. The minimum atomic E-state index is 0.293. The van der Waals surface area contributed by atoms with Gasteiger partial charge in [0.1, 0.15) is 11.6 Å². The number of fused-ring (bicyclic) bond motifs is 1. The third-order valence-electron chi connectivity index (χ3n) is 3.47. The monoisotopic (exact) mass is 256 g/mol. The van der Waals surface area contributed by atoms with Crippen LogP contribution in [0.15, 0.2) is 18.2 Å². The van der Waals surface area contributed by atoms with Crippen LogP contribution in [0.25, 0.3) is 11.0 Å². The summed E-state index contributed by atoms with van der Waals surface area (Å²) in [7, 11) is 0. The number of hydrogen-bond donors (Lipinski definition) is 1. The number of benzene rings is 1. The number of nitriles is 1. The number of aromatic nitrogens is 2. The van der Waals surface area contributed by atoms with E-state index in [-0.39, 0.29) is 0 Å². The van der Waals surface area contributed by atoms with Crippen molar-refractivity contribution in [2.75, 3.05) is 5.73 Å². The van der Waals surface area contributed by atoms with Crippen LogP contribution < -0.4 is 5.73 Å². The summed E-state index contributed by atoms with van der Waals surface area (Å²) < 4.78 is 2.04. The molecule has 2 rings (SSSR count). The van der Waals surface area contributed by atoms with E-state index >= 15 is 0 Å². The Hall–Kier alpha value is -2.02. The van der Waals surface area contributed by atoms with E-state index in [0.29, 0.717) is 29.0 Å². The summed E-state index contributed by atoms with van der Waals surface area (Å²) in [5, 5.41) is 9.11. The maximum Gasteiger partial charge on any atom is 0.201 e. The Morgan fingerprint density at radius 1 is 1.32 bits per heavy atom. The first-order valence-corrected chi connectivity index (χ1v) is 6.71. The lowest BCUT2D eigenvalue weighted by Gasteiger charge is -2.17. The Morgan fingerprint density at radius 3 is 2.68 bits per heavy atom. The highest BCUT2D eigenvalue weighted by atomic mass is 15.2. The second kappa shape index (κ2) is 5.31. The van der Waals surface area contributed by atoms with Gasteiger partial charge in [0.05, 0.1) is 11.1 Å². The highest BCUT2D eigenvalue weighted by molar-refractivity contribution is 5.84. The molecule has 0 fully saturated rings. The fourth-order valence-corrected chi connectivity index (χ4v) is 2.39. The topological polar surface area (TPSA) is 67.6 Å². The van der Waals surface area contributed by atoms with Crippen LogP contribution in [0.4, 0.5) is 5.95 Å². The van der Waals surface area contributed by atoms with Crippen molar-refractivity contribution in [1.29, 1.82) is 5.26 Å². The first kappa shape index (κ1) is 13.4. The quantitative estimate of drug-likeness (QED) is 0.910. The van der Waals surface area contributed by atoms with Gasteiger partial charge in [-0.15, -0.1) is 0 Å². The highest BCUT2D eigenvalue weighted by Crippen LogP contribution is 2.27. The minimum absolute atomic E-state index is 0.293. The van der Waals surface area contributed by atoms with E-state index in [1.807, 2.05) is 16.7 Å². The number of nitrogen functional groups attached to an aromatic ring is 1. The van der Waals surface area contributed by atoms with Gasteiger partial charge in [0.2, 0.25) is 5.95 Å². The molecule has 0 spiro atoms. The molecule has 1 heterocycles. The number of rotatable bonds is 4. The molecule has 1 aromatic carbocycles. The van der Waals surface area contributed by atoms with Gasteiger partial charge in [-0.1, -0.05) is 19.9 Å². The molecule has 0 amide bonds. The maximum absolute atomic E-state index is 9.11. The Balaban J connectivity index is 2.43. The molecule has 4 heteroatoms. The third kappa shape index (κ3) is 2.55. The molecule has 0 aliphatic carbocycles. The fraction of sp³-hybridized carbons (Fsp3) is 0.467. The van der Waals surface area contributed by atoms with Crippen molar-refractivity contribution in [2.45, 2.75) is 39.7 Å². The molecule has 1 atom stereocenters. The molecule has 2 N–H and O–H groups in total. The SMILES string of the molecule is CC(C)CCC(C)n1c(N)nc2c(C#N)cccc21. The zero-order valence-corrected chi connectivity index (χ0v) is 11.7. The van der Waals surface area contributed by atoms with Crippen molar-refractivity contribution in [2.24, 2.45) is 5.92 Å². The average Bonchev–Trinajstić information content (AvgIpc) is 2.71. The molecule has 0 bridgehead atoms. The summed E-state index contributed by atoms with van der Waals surface area (Å²) in [6.07, 6.45) is 2.21. The number of hydrogen-bond acceptors (Lipinski definition) is 3. The lowest BCUT2D eigenvalue weighted by atomic mass is 10.0. The number of nitrogens with two attached hydrogens (primary N) is 1. The van der Waals surface area contributed by atoms with Crippen LogP contribution in [-0.2, 0) is 0 Å². The van der Waals surface area contributed by atoms with E-state index in [1.165, 1.54) is 0 Å². The summed E-state index contributed by atoms with van der Waals surface area (Å²) in [6.45, 7) is 6.59. The Morgan fingerprint density at radius 2 is 2.05 bits per heavy atom. The van der Waals surface area contributed by atoms with Crippen LogP contribution in [0.3, 0.4) is 0 Å². The van der Waals surface area contributed by atoms with Gasteiger partial charge >= 0.3 is 0 Å². The van der Waals surface area contributed by atoms with Crippen LogP contribution in [0.2, 0.25) is 0 Å². The molecule has 1 aromatic heterocycles. The number of para-hydroxylation sites is 1. The third-order valence-corrected chi connectivity index (χ3v) is 3.47. The van der Waals surface area contributed by atoms with E-state index in [4.69, 9.17) is 11.0 Å². The van der Waals surface area contributed by atoms with Gasteiger partial charge in [-0.2, -0.15) is 5.26 Å². The highest BCUT2D eigenvalue weighted by Gasteiger charge is 2.16. The van der Waals surface area contributed by atoms with Gasteiger partial charge in [0.25, 0.3) is 0 Å². The van der Waals surface area contributed by atoms with Gasteiger partial charge in [-0.25, -0.2) is 4.98 Å². The van der Waals surface area contributed by atoms with E-state index in [1.54, 1.807) is 6.07 Å². The minimum Gasteiger partial charge on any atom is -0.369 e. The molecule has 2 aromatic rings. The summed E-state index contributed by atoms with van der Waals surface area (Å²) in [6, 6.07) is 8.10. The fourth-order valence-electron chi connectivity index (χ4n) is 2.39. The first-order valence-electron chi connectivity index (χ1n) is 6.71. The molecule has 19 heavy (non-hydrogen) atoms. The van der Waals surface area contributed by atoms with Crippen LogP contribution in [-0.4, -0.2) is 9.55 Å². The van der Waals surface area contributed by atoms with Crippen molar-refractivity contribution in [3.8, 4) is 6.07 Å². The van der Waals surface area contributed by atoms with Crippen molar-refractivity contribution >= 4 is 17.0 Å². The standard InChI is InChI=1S/C15H20N4/c1-10(2)7-8-11(3)19-13-6-4-5-12(9-16)14(13)18-15(19)17/h4-6,10-11H,7-8H2,1-3H3,(H2,17,18). The number of anilines is 1. The molecule has 0 aliphatic rings. The molecule has 0 aliphatic heterocycles. The molecule has 0 saturated heterocycles.